The maximum absolute atomic E-state index is 12.1. The van der Waals surface area contributed by atoms with Crippen LogP contribution < -0.4 is 4.90 Å². The minimum Gasteiger partial charge on any atom is -0.310 e. The molecule has 22 heavy (non-hydrogen) atoms. The molecule has 3 nitrogen and oxygen atoms in total. The van der Waals surface area contributed by atoms with Crippen LogP contribution in [0.1, 0.15) is 18.1 Å². The third-order valence-electron chi connectivity index (χ3n) is 3.62. The van der Waals surface area contributed by atoms with Crippen molar-refractivity contribution in [3.05, 3.63) is 65.7 Å². The highest BCUT2D eigenvalue weighted by Crippen LogP contribution is 2.32. The molecule has 0 aliphatic heterocycles. The van der Waals surface area contributed by atoms with E-state index in [1.807, 2.05) is 43.3 Å². The van der Waals surface area contributed by atoms with Crippen molar-refractivity contribution in [2.75, 3.05) is 11.9 Å². The molecule has 0 aromatic heterocycles. The Morgan fingerprint density at radius 2 is 1.77 bits per heavy atom. The Morgan fingerprint density at radius 1 is 1.14 bits per heavy atom. The number of amides is 1. The number of hydrogen-bond acceptors (Lipinski definition) is 2. The number of likely N-dealkylation sites (N-methyl/N-ethyl adjacent to an activating group) is 1. The summed E-state index contributed by atoms with van der Waals surface area (Å²) in [7, 11) is 1.66. The third-order valence-corrected chi connectivity index (χ3v) is 3.62. The van der Waals surface area contributed by atoms with E-state index in [-0.39, 0.29) is 5.91 Å². The van der Waals surface area contributed by atoms with Crippen LogP contribution in [0.4, 0.5) is 5.69 Å². The summed E-state index contributed by atoms with van der Waals surface area (Å²) < 4.78 is 0. The summed E-state index contributed by atoms with van der Waals surface area (Å²) in [5.41, 5.74) is 4.44. The Kier molecular flexibility index (Phi) is 4.43. The van der Waals surface area contributed by atoms with Gasteiger partial charge in [-0.25, -0.2) is 0 Å². The van der Waals surface area contributed by atoms with Gasteiger partial charge < -0.3 is 4.90 Å². The van der Waals surface area contributed by atoms with Gasteiger partial charge in [-0.1, -0.05) is 43.0 Å². The van der Waals surface area contributed by atoms with Crippen LogP contribution in [0.2, 0.25) is 0 Å². The van der Waals surface area contributed by atoms with Crippen molar-refractivity contribution in [3.63, 3.8) is 0 Å². The minimum atomic E-state index is -0.196. The molecule has 1 amide bonds. The smallest absolute Gasteiger partial charge is 0.253 e. The van der Waals surface area contributed by atoms with Crippen molar-refractivity contribution in [1.29, 1.82) is 5.26 Å². The fraction of sp³-hybridized carbons (Fsp3) is 0.158. The molecule has 0 radical (unpaired) electrons. The van der Waals surface area contributed by atoms with Gasteiger partial charge in [0.05, 0.1) is 11.3 Å². The normalized spacial score (nSPS) is 9.91. The van der Waals surface area contributed by atoms with Gasteiger partial charge in [0.1, 0.15) is 6.07 Å². The summed E-state index contributed by atoms with van der Waals surface area (Å²) in [6.45, 7) is 7.35. The third kappa shape index (κ3) is 2.77. The van der Waals surface area contributed by atoms with Crippen LogP contribution in [-0.4, -0.2) is 13.0 Å². The van der Waals surface area contributed by atoms with Gasteiger partial charge in [-0.3, -0.25) is 4.79 Å². The summed E-state index contributed by atoms with van der Waals surface area (Å²) in [5.74, 6) is -0.196. The van der Waals surface area contributed by atoms with Crippen LogP contribution in [0, 0.1) is 18.3 Å². The van der Waals surface area contributed by atoms with Crippen LogP contribution in [-0.2, 0) is 4.79 Å². The predicted octanol–water partition coefficient (Wildman–Crippen LogP) is 4.07. The van der Waals surface area contributed by atoms with Crippen molar-refractivity contribution in [3.8, 4) is 17.2 Å². The molecule has 0 aliphatic rings. The molecular formula is C19H18N2O. The summed E-state index contributed by atoms with van der Waals surface area (Å²) in [4.78, 5) is 13.6. The monoisotopic (exact) mass is 290 g/mol. The molecule has 0 atom stereocenters. The quantitative estimate of drug-likeness (QED) is 0.800. The van der Waals surface area contributed by atoms with E-state index < -0.39 is 0 Å². The van der Waals surface area contributed by atoms with Crippen molar-refractivity contribution in [2.24, 2.45) is 0 Å². The van der Waals surface area contributed by atoms with Gasteiger partial charge in [0.2, 0.25) is 0 Å². The second-order valence-electron chi connectivity index (χ2n) is 5.27. The van der Waals surface area contributed by atoms with Gasteiger partial charge in [0.15, 0.2) is 0 Å². The van der Waals surface area contributed by atoms with E-state index in [1.165, 1.54) is 4.90 Å². The van der Waals surface area contributed by atoms with E-state index in [9.17, 15) is 10.1 Å². The van der Waals surface area contributed by atoms with Crippen LogP contribution in [0.3, 0.4) is 0 Å². The van der Waals surface area contributed by atoms with Gasteiger partial charge >= 0.3 is 0 Å². The molecule has 2 rings (SSSR count). The van der Waals surface area contributed by atoms with E-state index in [1.54, 1.807) is 20.0 Å². The van der Waals surface area contributed by atoms with E-state index in [4.69, 9.17) is 0 Å². The molecule has 0 heterocycles. The average Bonchev–Trinajstić information content (AvgIpc) is 2.53. The molecule has 0 N–H and O–H groups in total. The first kappa shape index (κ1) is 15.5. The zero-order valence-corrected chi connectivity index (χ0v) is 13.1. The number of hydrogen-bond donors (Lipinski definition) is 0. The van der Waals surface area contributed by atoms with Gasteiger partial charge in [0, 0.05) is 18.2 Å². The standard InChI is InChI=1S/C19H18N2O/c1-13(2)19(22)21(4)18-11-7-10-16(17(18)12-20)15-9-6-5-8-14(15)3/h5-11H,1H2,2-4H3. The van der Waals surface area contributed by atoms with Crippen LogP contribution in [0.25, 0.3) is 11.1 Å². The van der Waals surface area contributed by atoms with E-state index in [0.29, 0.717) is 16.8 Å². The number of carbonyl (C=O) groups is 1. The lowest BCUT2D eigenvalue weighted by Crippen LogP contribution is -2.27. The highest BCUT2D eigenvalue weighted by atomic mass is 16.2. The predicted molar refractivity (Wildman–Crippen MR) is 89.6 cm³/mol. The molecule has 0 fully saturated rings. The average molecular weight is 290 g/mol. The summed E-state index contributed by atoms with van der Waals surface area (Å²) in [5, 5.41) is 9.61. The second kappa shape index (κ2) is 6.28. The van der Waals surface area contributed by atoms with Crippen LogP contribution in [0.15, 0.2) is 54.6 Å². The van der Waals surface area contributed by atoms with Gasteiger partial charge in [-0.05, 0) is 31.0 Å². The Labute approximate surface area is 131 Å². The highest BCUT2D eigenvalue weighted by Gasteiger charge is 2.18. The van der Waals surface area contributed by atoms with E-state index >= 15 is 0 Å². The second-order valence-corrected chi connectivity index (χ2v) is 5.27. The Balaban J connectivity index is 2.64. The van der Waals surface area contributed by atoms with Crippen LogP contribution in [0.5, 0.6) is 0 Å². The number of aryl methyl sites for hydroxylation is 1. The number of carbonyl (C=O) groups excluding carboxylic acids is 1. The zero-order valence-electron chi connectivity index (χ0n) is 13.1. The number of anilines is 1. The fourth-order valence-electron chi connectivity index (χ4n) is 2.43. The number of nitriles is 1. The van der Waals surface area contributed by atoms with Gasteiger partial charge in [-0.15, -0.1) is 0 Å². The van der Waals surface area contributed by atoms with E-state index in [0.717, 1.165) is 16.7 Å². The Bertz CT molecular complexity index is 784. The molecule has 0 bridgehead atoms. The molecule has 110 valence electrons. The van der Waals surface area contributed by atoms with Crippen molar-refractivity contribution < 1.29 is 4.79 Å². The lowest BCUT2D eigenvalue weighted by molar-refractivity contribution is -0.114. The van der Waals surface area contributed by atoms with Crippen molar-refractivity contribution in [1.82, 2.24) is 0 Å². The summed E-state index contributed by atoms with van der Waals surface area (Å²) in [6, 6.07) is 15.7. The summed E-state index contributed by atoms with van der Waals surface area (Å²) in [6.07, 6.45) is 0. The Hall–Kier alpha value is -2.86. The van der Waals surface area contributed by atoms with Crippen LogP contribution >= 0.6 is 0 Å². The van der Waals surface area contributed by atoms with Crippen molar-refractivity contribution in [2.45, 2.75) is 13.8 Å². The highest BCUT2D eigenvalue weighted by molar-refractivity contribution is 6.05. The molecular weight excluding hydrogens is 272 g/mol. The van der Waals surface area contributed by atoms with Gasteiger partial charge in [0.25, 0.3) is 5.91 Å². The molecule has 0 unspecified atom stereocenters. The molecule has 3 heteroatoms. The largest absolute Gasteiger partial charge is 0.310 e. The molecule has 0 spiro atoms. The lowest BCUT2D eigenvalue weighted by atomic mass is 9.95. The number of rotatable bonds is 3. The van der Waals surface area contributed by atoms with Crippen molar-refractivity contribution >= 4 is 11.6 Å². The van der Waals surface area contributed by atoms with Gasteiger partial charge in [-0.2, -0.15) is 5.26 Å². The Morgan fingerprint density at radius 3 is 2.36 bits per heavy atom. The maximum atomic E-state index is 12.1. The zero-order chi connectivity index (χ0) is 16.3. The minimum absolute atomic E-state index is 0.196. The first-order valence-corrected chi connectivity index (χ1v) is 7.00. The number of benzene rings is 2. The molecule has 0 saturated heterocycles. The molecule has 2 aromatic rings. The maximum Gasteiger partial charge on any atom is 0.253 e. The first-order chi connectivity index (χ1) is 10.5. The molecule has 2 aromatic carbocycles. The topological polar surface area (TPSA) is 44.1 Å². The molecule has 0 saturated carbocycles. The first-order valence-electron chi connectivity index (χ1n) is 7.00. The van der Waals surface area contributed by atoms with E-state index in [2.05, 4.69) is 12.6 Å². The molecule has 0 aliphatic carbocycles. The SMILES string of the molecule is C=C(C)C(=O)N(C)c1cccc(-c2ccccc2C)c1C#N. The fourth-order valence-corrected chi connectivity index (χ4v) is 2.43. The lowest BCUT2D eigenvalue weighted by Gasteiger charge is -2.20. The number of nitrogens with zero attached hydrogens (tertiary/aromatic N) is 2. The summed E-state index contributed by atoms with van der Waals surface area (Å²) >= 11 is 0.